The van der Waals surface area contributed by atoms with Crippen molar-refractivity contribution >= 4 is 60.6 Å². The number of ketones is 1. The number of halogens is 3. The molecule has 0 aliphatic carbocycles. The first kappa shape index (κ1) is 13.3. The van der Waals surface area contributed by atoms with Crippen LogP contribution >= 0.6 is 54.8 Å². The van der Waals surface area contributed by atoms with Crippen molar-refractivity contribution in [2.75, 3.05) is 0 Å². The second-order valence-electron chi connectivity index (χ2n) is 3.46. The summed E-state index contributed by atoms with van der Waals surface area (Å²) in [6.07, 6.45) is 0.399. The van der Waals surface area contributed by atoms with Crippen molar-refractivity contribution in [2.45, 2.75) is 6.42 Å². The maximum absolute atomic E-state index is 12.0. The Labute approximate surface area is 125 Å². The first-order valence-corrected chi connectivity index (χ1v) is 7.57. The Balaban J connectivity index is 2.14. The van der Waals surface area contributed by atoms with E-state index >= 15 is 0 Å². The summed E-state index contributed by atoms with van der Waals surface area (Å²) in [5.74, 6) is 0.0879. The van der Waals surface area contributed by atoms with Crippen LogP contribution in [0.4, 0.5) is 0 Å². The summed E-state index contributed by atoms with van der Waals surface area (Å²) in [6.45, 7) is 0. The Hall–Kier alpha value is -0.160. The summed E-state index contributed by atoms with van der Waals surface area (Å²) in [7, 11) is 0. The lowest BCUT2D eigenvalue weighted by molar-refractivity contribution is 0.0997. The van der Waals surface area contributed by atoms with E-state index in [4.69, 9.17) is 11.6 Å². The molecule has 0 N–H and O–H groups in total. The van der Waals surface area contributed by atoms with E-state index in [0.717, 1.165) is 13.8 Å². The van der Waals surface area contributed by atoms with Gasteiger partial charge in [0, 0.05) is 10.9 Å². The van der Waals surface area contributed by atoms with Gasteiger partial charge in [-0.2, -0.15) is 0 Å². The number of carbonyl (C=O) groups is 1. The van der Waals surface area contributed by atoms with Gasteiger partial charge in [0.15, 0.2) is 5.78 Å². The normalized spacial score (nSPS) is 10.5. The van der Waals surface area contributed by atoms with Crippen molar-refractivity contribution in [1.82, 2.24) is 0 Å². The minimum atomic E-state index is 0.0879. The van der Waals surface area contributed by atoms with Crippen LogP contribution in [0.2, 0.25) is 5.02 Å². The van der Waals surface area contributed by atoms with Gasteiger partial charge in [-0.25, -0.2) is 0 Å². The van der Waals surface area contributed by atoms with Crippen molar-refractivity contribution in [3.05, 3.63) is 54.1 Å². The van der Waals surface area contributed by atoms with Crippen LogP contribution in [0.25, 0.3) is 0 Å². The minimum Gasteiger partial charge on any atom is -0.293 e. The maximum atomic E-state index is 12.0. The molecule has 1 heterocycles. The van der Waals surface area contributed by atoms with Crippen LogP contribution < -0.4 is 0 Å². The third-order valence-electron chi connectivity index (χ3n) is 2.20. The number of carbonyl (C=O) groups excluding carboxylic acids is 1. The summed E-state index contributed by atoms with van der Waals surface area (Å²) >= 11 is 13.9. The summed E-state index contributed by atoms with van der Waals surface area (Å²) in [4.78, 5) is 12.7. The third kappa shape index (κ3) is 3.41. The van der Waals surface area contributed by atoms with Crippen LogP contribution in [-0.2, 0) is 6.42 Å². The molecule has 0 spiro atoms. The Kier molecular flexibility index (Phi) is 4.42. The Bertz CT molecular complexity index is 529. The molecular formula is C12H7Br2ClOS. The standard InChI is InChI=1S/C12H7Br2ClOS/c13-8-3-1-7(2-4-8)5-10(16)11-6-9(15)12(14)17-11/h1-4,6H,5H2. The largest absolute Gasteiger partial charge is 0.293 e. The molecule has 0 saturated carbocycles. The van der Waals surface area contributed by atoms with Gasteiger partial charge < -0.3 is 0 Å². The van der Waals surface area contributed by atoms with E-state index in [0.29, 0.717) is 16.3 Å². The topological polar surface area (TPSA) is 17.1 Å². The first-order valence-electron chi connectivity index (χ1n) is 4.79. The fourth-order valence-corrected chi connectivity index (χ4v) is 3.26. The minimum absolute atomic E-state index is 0.0879. The fourth-order valence-electron chi connectivity index (χ4n) is 1.36. The van der Waals surface area contributed by atoms with Crippen LogP contribution in [0.3, 0.4) is 0 Å². The van der Waals surface area contributed by atoms with E-state index in [2.05, 4.69) is 31.9 Å². The Morgan fingerprint density at radius 1 is 1.24 bits per heavy atom. The van der Waals surface area contributed by atoms with Crippen molar-refractivity contribution in [2.24, 2.45) is 0 Å². The van der Waals surface area contributed by atoms with Crippen LogP contribution in [0.1, 0.15) is 15.2 Å². The monoisotopic (exact) mass is 392 g/mol. The maximum Gasteiger partial charge on any atom is 0.177 e. The molecule has 5 heteroatoms. The number of hydrogen-bond acceptors (Lipinski definition) is 2. The molecule has 0 atom stereocenters. The predicted octanol–water partition coefficient (Wildman–Crippen LogP) is 5.35. The van der Waals surface area contributed by atoms with Crippen LogP contribution in [-0.4, -0.2) is 5.78 Å². The van der Waals surface area contributed by atoms with Gasteiger partial charge in [0.25, 0.3) is 0 Å². The fraction of sp³-hybridized carbons (Fsp3) is 0.0833. The SMILES string of the molecule is O=C(Cc1ccc(Br)cc1)c1cc(Cl)c(Br)s1. The van der Waals surface area contributed by atoms with Gasteiger partial charge >= 0.3 is 0 Å². The molecule has 88 valence electrons. The quantitative estimate of drug-likeness (QED) is 0.641. The molecule has 0 radical (unpaired) electrons. The van der Waals surface area contributed by atoms with Crippen LogP contribution in [0, 0.1) is 0 Å². The summed E-state index contributed by atoms with van der Waals surface area (Å²) in [5, 5.41) is 0.592. The Morgan fingerprint density at radius 2 is 1.88 bits per heavy atom. The van der Waals surface area contributed by atoms with Gasteiger partial charge in [0.1, 0.15) is 0 Å². The summed E-state index contributed by atoms with van der Waals surface area (Å²) in [5.41, 5.74) is 0.999. The van der Waals surface area contributed by atoms with E-state index < -0.39 is 0 Å². The van der Waals surface area contributed by atoms with E-state index in [1.165, 1.54) is 11.3 Å². The zero-order chi connectivity index (χ0) is 12.4. The van der Waals surface area contributed by atoms with Crippen molar-refractivity contribution in [3.63, 3.8) is 0 Å². The molecule has 0 amide bonds. The summed E-state index contributed by atoms with van der Waals surface area (Å²) < 4.78 is 1.81. The number of Topliss-reactive ketones (excluding diaryl/α,β-unsaturated/α-hetero) is 1. The van der Waals surface area contributed by atoms with Gasteiger partial charge in [0.2, 0.25) is 0 Å². The second kappa shape index (κ2) is 5.65. The van der Waals surface area contributed by atoms with Gasteiger partial charge in [0.05, 0.1) is 13.7 Å². The molecule has 1 nitrogen and oxygen atoms in total. The van der Waals surface area contributed by atoms with Crippen LogP contribution in [0.5, 0.6) is 0 Å². The average molecular weight is 395 g/mol. The molecule has 0 aliphatic heterocycles. The number of thiophene rings is 1. The number of rotatable bonds is 3. The highest BCUT2D eigenvalue weighted by Gasteiger charge is 2.12. The number of benzene rings is 1. The van der Waals surface area contributed by atoms with Gasteiger partial charge in [-0.05, 0) is 39.7 Å². The lowest BCUT2D eigenvalue weighted by Crippen LogP contribution is -2.00. The van der Waals surface area contributed by atoms with Crippen molar-refractivity contribution in [1.29, 1.82) is 0 Å². The van der Waals surface area contributed by atoms with E-state index in [-0.39, 0.29) is 5.78 Å². The van der Waals surface area contributed by atoms with Gasteiger partial charge in [-0.3, -0.25) is 4.79 Å². The highest BCUT2D eigenvalue weighted by atomic mass is 79.9. The molecule has 17 heavy (non-hydrogen) atoms. The molecule has 0 bridgehead atoms. The zero-order valence-corrected chi connectivity index (χ0v) is 13.3. The molecule has 2 aromatic rings. The lowest BCUT2D eigenvalue weighted by atomic mass is 10.1. The molecule has 0 aliphatic rings. The van der Waals surface area contributed by atoms with E-state index in [1.54, 1.807) is 6.07 Å². The van der Waals surface area contributed by atoms with Gasteiger partial charge in [-0.1, -0.05) is 39.7 Å². The zero-order valence-electron chi connectivity index (χ0n) is 8.54. The van der Waals surface area contributed by atoms with Crippen LogP contribution in [0.15, 0.2) is 38.6 Å². The van der Waals surface area contributed by atoms with Crippen molar-refractivity contribution < 1.29 is 4.79 Å². The van der Waals surface area contributed by atoms with Gasteiger partial charge in [-0.15, -0.1) is 11.3 Å². The predicted molar refractivity (Wildman–Crippen MR) is 79.2 cm³/mol. The molecule has 0 unspecified atom stereocenters. The molecule has 2 rings (SSSR count). The second-order valence-corrected chi connectivity index (χ2v) is 7.15. The highest BCUT2D eigenvalue weighted by Crippen LogP contribution is 2.32. The average Bonchev–Trinajstić information content (AvgIpc) is 2.63. The smallest absolute Gasteiger partial charge is 0.177 e. The molecule has 1 aromatic heterocycles. The Morgan fingerprint density at radius 3 is 2.41 bits per heavy atom. The van der Waals surface area contributed by atoms with E-state index in [9.17, 15) is 4.79 Å². The highest BCUT2D eigenvalue weighted by molar-refractivity contribution is 9.11. The first-order chi connectivity index (χ1) is 8.06. The number of hydrogen-bond donors (Lipinski definition) is 0. The molecule has 0 fully saturated rings. The lowest BCUT2D eigenvalue weighted by Gasteiger charge is -1.99. The van der Waals surface area contributed by atoms with E-state index in [1.807, 2.05) is 24.3 Å². The third-order valence-corrected chi connectivity index (χ3v) is 5.24. The molecule has 1 aromatic carbocycles. The summed E-state index contributed by atoms with van der Waals surface area (Å²) in [6, 6.07) is 9.44. The molecule has 0 saturated heterocycles. The molecular weight excluding hydrogens is 387 g/mol. The van der Waals surface area contributed by atoms with Crippen molar-refractivity contribution in [3.8, 4) is 0 Å².